The monoisotopic (exact) mass is 223 g/mol. The Bertz CT molecular complexity index is 426. The van der Waals surface area contributed by atoms with Crippen molar-refractivity contribution in [3.63, 3.8) is 0 Å². The van der Waals surface area contributed by atoms with Crippen molar-refractivity contribution in [1.29, 1.82) is 0 Å². The van der Waals surface area contributed by atoms with E-state index in [1.807, 2.05) is 0 Å². The molecule has 0 heterocycles. The van der Waals surface area contributed by atoms with Crippen molar-refractivity contribution in [3.8, 4) is 11.5 Å². The van der Waals surface area contributed by atoms with E-state index in [1.54, 1.807) is 19.1 Å². The van der Waals surface area contributed by atoms with Crippen LogP contribution in [-0.2, 0) is 0 Å². The van der Waals surface area contributed by atoms with Crippen molar-refractivity contribution in [2.45, 2.75) is 13.3 Å². The second-order valence-corrected chi connectivity index (χ2v) is 3.14. The molecule has 1 aromatic carbocycles. The van der Waals surface area contributed by atoms with E-state index < -0.39 is 4.92 Å². The van der Waals surface area contributed by atoms with E-state index in [4.69, 9.17) is 4.74 Å². The molecule has 0 unspecified atom stereocenters. The summed E-state index contributed by atoms with van der Waals surface area (Å²) in [4.78, 5) is 10.2. The van der Waals surface area contributed by atoms with Gasteiger partial charge in [-0.2, -0.15) is 0 Å². The van der Waals surface area contributed by atoms with Gasteiger partial charge in [-0.15, -0.1) is 0 Å². The number of phenolic OH excluding ortho intramolecular Hbond substituents is 1. The third-order valence-corrected chi connectivity index (χ3v) is 2.17. The topological polar surface area (TPSA) is 72.6 Å². The lowest BCUT2D eigenvalue weighted by atomic mass is 10.1. The van der Waals surface area contributed by atoms with Gasteiger partial charge in [0.25, 0.3) is 0 Å². The second kappa shape index (κ2) is 5.16. The van der Waals surface area contributed by atoms with Crippen molar-refractivity contribution in [2.75, 3.05) is 7.11 Å². The largest absolute Gasteiger partial charge is 0.507 e. The minimum absolute atomic E-state index is 0.0276. The van der Waals surface area contributed by atoms with E-state index in [1.165, 1.54) is 19.3 Å². The van der Waals surface area contributed by atoms with Gasteiger partial charge in [-0.25, -0.2) is 0 Å². The summed E-state index contributed by atoms with van der Waals surface area (Å²) >= 11 is 0. The molecule has 1 aromatic rings. The minimum Gasteiger partial charge on any atom is -0.507 e. The summed E-state index contributed by atoms with van der Waals surface area (Å²) in [5.41, 5.74) is 0.360. The van der Waals surface area contributed by atoms with Crippen molar-refractivity contribution in [1.82, 2.24) is 0 Å². The first kappa shape index (κ1) is 12.0. The average Bonchev–Trinajstić information content (AvgIpc) is 2.26. The summed E-state index contributed by atoms with van der Waals surface area (Å²) in [6.45, 7) is 1.68. The van der Waals surface area contributed by atoms with Gasteiger partial charge in [0, 0.05) is 12.5 Å². The Balaban J connectivity index is 3.26. The van der Waals surface area contributed by atoms with Gasteiger partial charge in [0.1, 0.15) is 11.5 Å². The number of allylic oxidation sites excluding steroid dienone is 1. The first-order valence-electron chi connectivity index (χ1n) is 4.81. The van der Waals surface area contributed by atoms with Crippen LogP contribution in [0.2, 0.25) is 0 Å². The number of hydrogen-bond donors (Lipinski definition) is 1. The normalized spacial score (nSPS) is 11.2. The molecule has 1 rings (SSSR count). The van der Waals surface area contributed by atoms with Gasteiger partial charge in [-0.05, 0) is 12.1 Å². The molecule has 0 aliphatic carbocycles. The first-order valence-corrected chi connectivity index (χ1v) is 4.81. The minimum atomic E-state index is -0.466. The van der Waals surface area contributed by atoms with Gasteiger partial charge in [0.15, 0.2) is 0 Å². The van der Waals surface area contributed by atoms with Crippen LogP contribution in [0.3, 0.4) is 0 Å². The van der Waals surface area contributed by atoms with Crippen molar-refractivity contribution in [3.05, 3.63) is 39.6 Å². The standard InChI is InChI=1S/C11H13NO4/c1-3-8(12(14)15)7-9-10(13)5-4-6-11(9)16-2/h4-7,13H,3H2,1-2H3. The van der Waals surface area contributed by atoms with E-state index in [2.05, 4.69) is 0 Å². The molecule has 0 radical (unpaired) electrons. The van der Waals surface area contributed by atoms with Gasteiger partial charge >= 0.3 is 0 Å². The summed E-state index contributed by atoms with van der Waals surface area (Å²) in [6, 6.07) is 4.71. The molecule has 1 N–H and O–H groups in total. The highest BCUT2D eigenvalue weighted by Crippen LogP contribution is 2.30. The fourth-order valence-corrected chi connectivity index (χ4v) is 1.31. The lowest BCUT2D eigenvalue weighted by Crippen LogP contribution is -1.97. The molecular weight excluding hydrogens is 210 g/mol. The van der Waals surface area contributed by atoms with Crippen LogP contribution in [0, 0.1) is 10.1 Å². The number of aromatic hydroxyl groups is 1. The van der Waals surface area contributed by atoms with Gasteiger partial charge < -0.3 is 9.84 Å². The summed E-state index contributed by atoms with van der Waals surface area (Å²) in [6.07, 6.45) is 1.61. The molecule has 0 aliphatic rings. The maximum Gasteiger partial charge on any atom is 0.246 e. The Morgan fingerprint density at radius 3 is 2.81 bits per heavy atom. The zero-order valence-corrected chi connectivity index (χ0v) is 9.14. The van der Waals surface area contributed by atoms with Gasteiger partial charge in [-0.3, -0.25) is 10.1 Å². The van der Waals surface area contributed by atoms with Crippen LogP contribution in [0.15, 0.2) is 23.9 Å². The summed E-state index contributed by atoms with van der Waals surface area (Å²) in [5, 5.41) is 20.3. The van der Waals surface area contributed by atoms with Crippen molar-refractivity contribution in [2.24, 2.45) is 0 Å². The predicted molar refractivity (Wildman–Crippen MR) is 59.9 cm³/mol. The molecule has 0 aromatic heterocycles. The quantitative estimate of drug-likeness (QED) is 0.628. The van der Waals surface area contributed by atoms with Crippen molar-refractivity contribution < 1.29 is 14.8 Å². The van der Waals surface area contributed by atoms with Crippen LogP contribution in [0.5, 0.6) is 11.5 Å². The van der Waals surface area contributed by atoms with Crippen LogP contribution in [0.1, 0.15) is 18.9 Å². The fraction of sp³-hybridized carbons (Fsp3) is 0.273. The third-order valence-electron chi connectivity index (χ3n) is 2.17. The summed E-state index contributed by atoms with van der Waals surface area (Å²) in [7, 11) is 1.45. The Morgan fingerprint density at radius 2 is 2.31 bits per heavy atom. The number of phenols is 1. The van der Waals surface area contributed by atoms with E-state index in [-0.39, 0.29) is 17.9 Å². The smallest absolute Gasteiger partial charge is 0.246 e. The van der Waals surface area contributed by atoms with Gasteiger partial charge in [0.2, 0.25) is 5.70 Å². The maximum atomic E-state index is 10.7. The fourth-order valence-electron chi connectivity index (χ4n) is 1.31. The molecule has 0 atom stereocenters. The Morgan fingerprint density at radius 1 is 1.62 bits per heavy atom. The Hall–Kier alpha value is -2.04. The molecule has 5 nitrogen and oxygen atoms in total. The maximum absolute atomic E-state index is 10.7. The lowest BCUT2D eigenvalue weighted by molar-refractivity contribution is -0.425. The number of rotatable bonds is 4. The number of benzene rings is 1. The van der Waals surface area contributed by atoms with Gasteiger partial charge in [-0.1, -0.05) is 13.0 Å². The Kier molecular flexibility index (Phi) is 3.88. The number of hydrogen-bond acceptors (Lipinski definition) is 4. The zero-order chi connectivity index (χ0) is 12.1. The highest BCUT2D eigenvalue weighted by molar-refractivity contribution is 5.64. The van der Waals surface area contributed by atoms with Crippen LogP contribution < -0.4 is 4.74 Å². The molecule has 0 aliphatic heterocycles. The van der Waals surface area contributed by atoms with Crippen LogP contribution in [0.25, 0.3) is 6.08 Å². The molecule has 0 saturated carbocycles. The highest BCUT2D eigenvalue weighted by Gasteiger charge is 2.12. The average molecular weight is 223 g/mol. The molecule has 0 amide bonds. The summed E-state index contributed by atoms with van der Waals surface area (Å²) in [5.74, 6) is 0.375. The molecule has 0 fully saturated rings. The van der Waals surface area contributed by atoms with Crippen LogP contribution in [-0.4, -0.2) is 17.1 Å². The van der Waals surface area contributed by atoms with E-state index in [9.17, 15) is 15.2 Å². The van der Waals surface area contributed by atoms with Crippen LogP contribution >= 0.6 is 0 Å². The lowest BCUT2D eigenvalue weighted by Gasteiger charge is -2.06. The molecule has 5 heteroatoms. The summed E-state index contributed by atoms with van der Waals surface area (Å²) < 4.78 is 5.02. The number of methoxy groups -OCH3 is 1. The molecule has 0 spiro atoms. The van der Waals surface area contributed by atoms with E-state index in [0.29, 0.717) is 11.3 Å². The predicted octanol–water partition coefficient (Wildman–Crippen LogP) is 2.43. The second-order valence-electron chi connectivity index (χ2n) is 3.14. The zero-order valence-electron chi connectivity index (χ0n) is 9.14. The number of nitro groups is 1. The molecule has 0 bridgehead atoms. The molecular formula is C11H13NO4. The number of nitrogens with zero attached hydrogens (tertiary/aromatic N) is 1. The number of ether oxygens (including phenoxy) is 1. The highest BCUT2D eigenvalue weighted by atomic mass is 16.6. The molecule has 16 heavy (non-hydrogen) atoms. The van der Waals surface area contributed by atoms with E-state index >= 15 is 0 Å². The Labute approximate surface area is 93.1 Å². The molecule has 86 valence electrons. The molecule has 0 saturated heterocycles. The first-order chi connectivity index (χ1) is 7.60. The van der Waals surface area contributed by atoms with E-state index in [0.717, 1.165) is 0 Å². The third kappa shape index (κ3) is 2.50. The van der Waals surface area contributed by atoms with Crippen molar-refractivity contribution >= 4 is 6.08 Å². The van der Waals surface area contributed by atoms with Crippen LogP contribution in [0.4, 0.5) is 0 Å². The SMILES string of the molecule is CCC(=Cc1c(O)cccc1OC)[N+](=O)[O-]. The van der Waals surface area contributed by atoms with Gasteiger partial charge in [0.05, 0.1) is 17.6 Å².